The van der Waals surface area contributed by atoms with Crippen molar-refractivity contribution >= 4 is 5.91 Å². The lowest BCUT2D eigenvalue weighted by molar-refractivity contribution is -0.118. The van der Waals surface area contributed by atoms with Gasteiger partial charge < -0.3 is 15.4 Å². The largest absolute Gasteiger partial charge is 0.380 e. The molecular weight excluding hydrogens is 156 g/mol. The number of nitrogens with zero attached hydrogens (tertiary/aromatic N) is 1. The van der Waals surface area contributed by atoms with E-state index in [1.165, 1.54) is 0 Å². The predicted molar refractivity (Wildman–Crippen MR) is 47.8 cm³/mol. The lowest BCUT2D eigenvalue weighted by atomic mass is 10.4. The summed E-state index contributed by atoms with van der Waals surface area (Å²) in [5, 5.41) is 0. The molecule has 0 fully saturated rings. The summed E-state index contributed by atoms with van der Waals surface area (Å²) < 4.78 is 5.15. The lowest BCUT2D eigenvalue weighted by Crippen LogP contribution is -2.27. The Kier molecular flexibility index (Phi) is 6.70. The zero-order chi connectivity index (χ0) is 9.40. The van der Waals surface area contributed by atoms with Gasteiger partial charge in [-0.2, -0.15) is 0 Å². The molecule has 0 atom stereocenters. The molecule has 4 nitrogen and oxygen atoms in total. The van der Waals surface area contributed by atoms with Crippen molar-refractivity contribution in [3.05, 3.63) is 0 Å². The van der Waals surface area contributed by atoms with Crippen molar-refractivity contribution in [3.8, 4) is 0 Å². The van der Waals surface area contributed by atoms with Crippen molar-refractivity contribution in [2.45, 2.75) is 13.3 Å². The van der Waals surface area contributed by atoms with Gasteiger partial charge in [-0.05, 0) is 14.0 Å². The van der Waals surface area contributed by atoms with E-state index in [9.17, 15) is 4.79 Å². The minimum atomic E-state index is -0.252. The molecule has 4 heteroatoms. The molecule has 0 radical (unpaired) electrons. The Bertz CT molecular complexity index is 128. The van der Waals surface area contributed by atoms with Gasteiger partial charge in [-0.1, -0.05) is 0 Å². The van der Waals surface area contributed by atoms with Crippen LogP contribution >= 0.6 is 0 Å². The number of nitrogens with two attached hydrogens (primary N) is 1. The minimum absolute atomic E-state index is 0.252. The molecule has 2 N–H and O–H groups in total. The fraction of sp³-hybridized carbons (Fsp3) is 0.875. The quantitative estimate of drug-likeness (QED) is 0.545. The molecule has 0 saturated heterocycles. The molecule has 0 aliphatic rings. The third-order valence-corrected chi connectivity index (χ3v) is 1.56. The molecule has 0 aliphatic heterocycles. The summed E-state index contributed by atoms with van der Waals surface area (Å²) in [6.45, 7) is 4.97. The molecule has 0 aromatic rings. The van der Waals surface area contributed by atoms with Crippen LogP contribution in [0.3, 0.4) is 0 Å². The average molecular weight is 174 g/mol. The SMILES string of the molecule is CCOCCN(C)CCC(N)=O. The van der Waals surface area contributed by atoms with Crippen LogP contribution in [0.4, 0.5) is 0 Å². The van der Waals surface area contributed by atoms with Crippen molar-refractivity contribution in [2.24, 2.45) is 5.73 Å². The maximum atomic E-state index is 10.4. The second kappa shape index (κ2) is 7.06. The van der Waals surface area contributed by atoms with E-state index < -0.39 is 0 Å². The first-order chi connectivity index (χ1) is 5.66. The monoisotopic (exact) mass is 174 g/mol. The molecule has 12 heavy (non-hydrogen) atoms. The number of carbonyl (C=O) groups excluding carboxylic acids is 1. The van der Waals surface area contributed by atoms with Crippen LogP contribution in [-0.4, -0.2) is 44.2 Å². The fourth-order valence-electron chi connectivity index (χ4n) is 0.778. The van der Waals surface area contributed by atoms with Crippen LogP contribution in [0.1, 0.15) is 13.3 Å². The zero-order valence-corrected chi connectivity index (χ0v) is 7.88. The van der Waals surface area contributed by atoms with Gasteiger partial charge in [0, 0.05) is 26.1 Å². The molecule has 0 aromatic heterocycles. The summed E-state index contributed by atoms with van der Waals surface area (Å²) >= 11 is 0. The summed E-state index contributed by atoms with van der Waals surface area (Å²) in [6.07, 6.45) is 0.419. The lowest BCUT2D eigenvalue weighted by Gasteiger charge is -2.14. The first-order valence-corrected chi connectivity index (χ1v) is 4.21. The molecule has 0 heterocycles. The fourth-order valence-corrected chi connectivity index (χ4v) is 0.778. The van der Waals surface area contributed by atoms with E-state index in [1.54, 1.807) is 0 Å². The Morgan fingerprint density at radius 3 is 2.67 bits per heavy atom. The van der Waals surface area contributed by atoms with E-state index >= 15 is 0 Å². The molecule has 72 valence electrons. The molecule has 0 aliphatic carbocycles. The Morgan fingerprint density at radius 1 is 1.50 bits per heavy atom. The molecule has 0 aromatic carbocycles. The Hall–Kier alpha value is -0.610. The molecular formula is C8H18N2O2. The molecule has 0 saturated carbocycles. The number of primary amides is 1. The van der Waals surface area contributed by atoms with E-state index in [0.29, 0.717) is 19.6 Å². The first kappa shape index (κ1) is 11.4. The number of ether oxygens (including phenoxy) is 1. The Balaban J connectivity index is 3.21. The summed E-state index contributed by atoms with van der Waals surface area (Å²) in [6, 6.07) is 0. The highest BCUT2D eigenvalue weighted by molar-refractivity contribution is 5.73. The van der Waals surface area contributed by atoms with Crippen LogP contribution in [0.2, 0.25) is 0 Å². The minimum Gasteiger partial charge on any atom is -0.380 e. The summed E-state index contributed by atoms with van der Waals surface area (Å²) in [5.74, 6) is -0.252. The summed E-state index contributed by atoms with van der Waals surface area (Å²) in [4.78, 5) is 12.4. The Labute approximate surface area is 73.7 Å². The maximum Gasteiger partial charge on any atom is 0.218 e. The van der Waals surface area contributed by atoms with Crippen LogP contribution < -0.4 is 5.73 Å². The van der Waals surface area contributed by atoms with Crippen molar-refractivity contribution in [1.29, 1.82) is 0 Å². The van der Waals surface area contributed by atoms with Crippen LogP contribution in [0.15, 0.2) is 0 Å². The zero-order valence-electron chi connectivity index (χ0n) is 7.88. The van der Waals surface area contributed by atoms with Gasteiger partial charge >= 0.3 is 0 Å². The topological polar surface area (TPSA) is 55.6 Å². The number of carbonyl (C=O) groups is 1. The van der Waals surface area contributed by atoms with Gasteiger partial charge in [0.25, 0.3) is 0 Å². The van der Waals surface area contributed by atoms with Crippen LogP contribution in [0.5, 0.6) is 0 Å². The predicted octanol–water partition coefficient (Wildman–Crippen LogP) is -0.170. The second-order valence-electron chi connectivity index (χ2n) is 2.72. The summed E-state index contributed by atoms with van der Waals surface area (Å²) in [7, 11) is 1.95. The summed E-state index contributed by atoms with van der Waals surface area (Å²) in [5.41, 5.74) is 5.00. The van der Waals surface area contributed by atoms with Gasteiger partial charge in [0.2, 0.25) is 5.91 Å². The van der Waals surface area contributed by atoms with E-state index in [1.807, 2.05) is 18.9 Å². The van der Waals surface area contributed by atoms with Gasteiger partial charge in [0.05, 0.1) is 6.61 Å². The van der Waals surface area contributed by atoms with Gasteiger partial charge in [-0.15, -0.1) is 0 Å². The number of likely N-dealkylation sites (N-methyl/N-ethyl adjacent to an activating group) is 1. The number of hydrogen-bond donors (Lipinski definition) is 1. The molecule has 0 spiro atoms. The highest BCUT2D eigenvalue weighted by atomic mass is 16.5. The number of hydrogen-bond acceptors (Lipinski definition) is 3. The first-order valence-electron chi connectivity index (χ1n) is 4.21. The van der Waals surface area contributed by atoms with Gasteiger partial charge in [-0.3, -0.25) is 4.79 Å². The van der Waals surface area contributed by atoms with Crippen LogP contribution in [-0.2, 0) is 9.53 Å². The molecule has 0 bridgehead atoms. The smallest absolute Gasteiger partial charge is 0.218 e. The van der Waals surface area contributed by atoms with Crippen LogP contribution in [0, 0.1) is 0 Å². The van der Waals surface area contributed by atoms with Crippen molar-refractivity contribution in [3.63, 3.8) is 0 Å². The van der Waals surface area contributed by atoms with E-state index in [2.05, 4.69) is 0 Å². The van der Waals surface area contributed by atoms with Gasteiger partial charge in [0.15, 0.2) is 0 Å². The van der Waals surface area contributed by atoms with Crippen molar-refractivity contribution < 1.29 is 9.53 Å². The normalized spacial score (nSPS) is 10.6. The highest BCUT2D eigenvalue weighted by Gasteiger charge is 1.99. The Morgan fingerprint density at radius 2 is 2.17 bits per heavy atom. The third-order valence-electron chi connectivity index (χ3n) is 1.56. The number of amides is 1. The molecule has 0 rings (SSSR count). The van der Waals surface area contributed by atoms with Crippen molar-refractivity contribution in [1.82, 2.24) is 4.90 Å². The van der Waals surface area contributed by atoms with Crippen molar-refractivity contribution in [2.75, 3.05) is 33.4 Å². The second-order valence-corrected chi connectivity index (χ2v) is 2.72. The average Bonchev–Trinajstić information content (AvgIpc) is 2.01. The molecule has 0 unspecified atom stereocenters. The highest BCUT2D eigenvalue weighted by Crippen LogP contribution is 1.86. The number of rotatable bonds is 7. The maximum absolute atomic E-state index is 10.4. The van der Waals surface area contributed by atoms with E-state index in [-0.39, 0.29) is 5.91 Å². The van der Waals surface area contributed by atoms with Crippen LogP contribution in [0.25, 0.3) is 0 Å². The van der Waals surface area contributed by atoms with E-state index in [4.69, 9.17) is 10.5 Å². The van der Waals surface area contributed by atoms with Gasteiger partial charge in [-0.25, -0.2) is 0 Å². The van der Waals surface area contributed by atoms with Gasteiger partial charge in [0.1, 0.15) is 0 Å². The molecule has 1 amide bonds. The third kappa shape index (κ3) is 7.50. The van der Waals surface area contributed by atoms with E-state index in [0.717, 1.165) is 13.2 Å². The standard InChI is InChI=1S/C8H18N2O2/c1-3-12-7-6-10(2)5-4-8(9)11/h3-7H2,1-2H3,(H2,9,11).